The van der Waals surface area contributed by atoms with Gasteiger partial charge in [-0.25, -0.2) is 0 Å². The third kappa shape index (κ3) is 5.58. The Morgan fingerprint density at radius 1 is 1.19 bits per heavy atom. The van der Waals surface area contributed by atoms with Crippen LogP contribution in [0.3, 0.4) is 0 Å². The normalized spacial score (nSPS) is 10.5. The Bertz CT molecular complexity index is 935. The van der Waals surface area contributed by atoms with E-state index < -0.39 is 5.91 Å². The summed E-state index contributed by atoms with van der Waals surface area (Å²) in [7, 11) is 1.55. The highest BCUT2D eigenvalue weighted by atomic mass is 79.9. The van der Waals surface area contributed by atoms with Gasteiger partial charge >= 0.3 is 0 Å². The topological polar surface area (TPSA) is 95.1 Å². The van der Waals surface area contributed by atoms with Crippen molar-refractivity contribution in [1.82, 2.24) is 0 Å². The van der Waals surface area contributed by atoms with Crippen LogP contribution in [0.4, 0.5) is 5.69 Å². The summed E-state index contributed by atoms with van der Waals surface area (Å²) >= 11 is 6.71. The molecule has 1 amide bonds. The highest BCUT2D eigenvalue weighted by Gasteiger charge is 2.12. The van der Waals surface area contributed by atoms with E-state index in [2.05, 4.69) is 37.2 Å². The standard InChI is InChI=1S/C19H13Br2N3O3/c1-26-15-4-2-14(3-5-15)24-19(25)13(11-23)8-12-9-16(20)18(17(21)10-12)27-7-6-22/h2-5,8-10H,7H2,1H3,(H,24,25)/b13-8-. The summed E-state index contributed by atoms with van der Waals surface area (Å²) in [4.78, 5) is 12.4. The van der Waals surface area contributed by atoms with Crippen molar-refractivity contribution >= 4 is 49.5 Å². The largest absolute Gasteiger partial charge is 0.497 e. The molecule has 0 aliphatic carbocycles. The molecule has 136 valence electrons. The second-order valence-electron chi connectivity index (χ2n) is 5.11. The lowest BCUT2D eigenvalue weighted by Gasteiger charge is -2.09. The lowest BCUT2D eigenvalue weighted by molar-refractivity contribution is -0.112. The van der Waals surface area contributed by atoms with Crippen LogP contribution in [0.25, 0.3) is 6.08 Å². The molecule has 0 aliphatic heterocycles. The Balaban J connectivity index is 2.23. The van der Waals surface area contributed by atoms with Crippen LogP contribution in [0.2, 0.25) is 0 Å². The molecule has 0 saturated heterocycles. The molecule has 2 rings (SSSR count). The molecule has 1 N–H and O–H groups in total. The molecule has 0 atom stereocenters. The summed E-state index contributed by atoms with van der Waals surface area (Å²) in [6.07, 6.45) is 1.46. The van der Waals surface area contributed by atoms with E-state index in [-0.39, 0.29) is 12.2 Å². The number of hydrogen-bond donors (Lipinski definition) is 1. The summed E-state index contributed by atoms with van der Waals surface area (Å²) in [5, 5.41) is 20.6. The van der Waals surface area contributed by atoms with Gasteiger partial charge in [-0.1, -0.05) is 0 Å². The number of benzene rings is 2. The van der Waals surface area contributed by atoms with Crippen molar-refractivity contribution in [1.29, 1.82) is 10.5 Å². The number of carbonyl (C=O) groups excluding carboxylic acids is 1. The van der Waals surface area contributed by atoms with Gasteiger partial charge in [0.05, 0.1) is 16.1 Å². The van der Waals surface area contributed by atoms with Crippen LogP contribution in [0.15, 0.2) is 50.9 Å². The Kier molecular flexibility index (Phi) is 7.42. The maximum atomic E-state index is 12.4. The zero-order chi connectivity index (χ0) is 19.8. The molecule has 2 aromatic carbocycles. The van der Waals surface area contributed by atoms with Crippen LogP contribution in [0.5, 0.6) is 11.5 Å². The molecular formula is C19H13Br2N3O3. The first kappa shape index (κ1) is 20.5. The lowest BCUT2D eigenvalue weighted by atomic mass is 10.1. The van der Waals surface area contributed by atoms with Gasteiger partial charge in [0.25, 0.3) is 5.91 Å². The minimum Gasteiger partial charge on any atom is -0.497 e. The summed E-state index contributed by atoms with van der Waals surface area (Å²) in [6.45, 7) is -0.0971. The summed E-state index contributed by atoms with van der Waals surface area (Å²) in [6, 6.07) is 13.9. The van der Waals surface area contributed by atoms with Gasteiger partial charge in [-0.05, 0) is 79.9 Å². The zero-order valence-corrected chi connectivity index (χ0v) is 17.3. The van der Waals surface area contributed by atoms with Crippen LogP contribution in [0, 0.1) is 22.7 Å². The van der Waals surface area contributed by atoms with Gasteiger partial charge in [0.2, 0.25) is 0 Å². The second kappa shape index (κ2) is 9.77. The highest BCUT2D eigenvalue weighted by Crippen LogP contribution is 2.35. The van der Waals surface area contributed by atoms with E-state index in [1.165, 1.54) is 6.08 Å². The van der Waals surface area contributed by atoms with E-state index in [4.69, 9.17) is 14.7 Å². The molecule has 0 fully saturated rings. The Morgan fingerprint density at radius 3 is 2.33 bits per heavy atom. The van der Waals surface area contributed by atoms with Gasteiger partial charge in [-0.2, -0.15) is 10.5 Å². The van der Waals surface area contributed by atoms with Gasteiger partial charge < -0.3 is 14.8 Å². The molecule has 0 aromatic heterocycles. The number of anilines is 1. The molecule has 0 bridgehead atoms. The molecule has 6 nitrogen and oxygen atoms in total. The van der Waals surface area contributed by atoms with Crippen LogP contribution in [-0.2, 0) is 4.79 Å². The van der Waals surface area contributed by atoms with Gasteiger partial charge in [0.1, 0.15) is 29.2 Å². The van der Waals surface area contributed by atoms with Crippen LogP contribution < -0.4 is 14.8 Å². The van der Waals surface area contributed by atoms with Gasteiger partial charge in [0.15, 0.2) is 6.61 Å². The van der Waals surface area contributed by atoms with E-state index >= 15 is 0 Å². The number of methoxy groups -OCH3 is 1. The van der Waals surface area contributed by atoms with Crippen LogP contribution >= 0.6 is 31.9 Å². The average molecular weight is 491 g/mol. The first-order valence-corrected chi connectivity index (χ1v) is 9.13. The Morgan fingerprint density at radius 2 is 1.81 bits per heavy atom. The second-order valence-corrected chi connectivity index (χ2v) is 6.82. The van der Waals surface area contributed by atoms with E-state index in [0.29, 0.717) is 31.7 Å². The molecular weight excluding hydrogens is 478 g/mol. The predicted molar refractivity (Wildman–Crippen MR) is 108 cm³/mol. The maximum absolute atomic E-state index is 12.4. The number of carbonyl (C=O) groups is 1. The third-order valence-electron chi connectivity index (χ3n) is 3.33. The number of halogens is 2. The molecule has 0 spiro atoms. The fourth-order valence-electron chi connectivity index (χ4n) is 2.09. The van der Waals surface area contributed by atoms with Gasteiger partial charge in [0, 0.05) is 5.69 Å². The Hall–Kier alpha value is -2.81. The molecule has 2 aromatic rings. The monoisotopic (exact) mass is 489 g/mol. The van der Waals surface area contributed by atoms with Crippen molar-refractivity contribution in [3.8, 4) is 23.6 Å². The number of hydrogen-bond acceptors (Lipinski definition) is 5. The van der Waals surface area contributed by atoms with Crippen molar-refractivity contribution in [3.63, 3.8) is 0 Å². The first-order chi connectivity index (χ1) is 13.0. The van der Waals surface area contributed by atoms with Gasteiger partial charge in [-0.3, -0.25) is 4.79 Å². The van der Waals surface area contributed by atoms with E-state index in [1.807, 2.05) is 12.1 Å². The number of nitrogens with one attached hydrogen (secondary N) is 1. The van der Waals surface area contributed by atoms with Crippen molar-refractivity contribution in [2.75, 3.05) is 19.0 Å². The number of amides is 1. The number of rotatable bonds is 6. The SMILES string of the molecule is COc1ccc(NC(=O)/C(C#N)=C\c2cc(Br)c(OCC#N)c(Br)c2)cc1. The predicted octanol–water partition coefficient (Wildman–Crippen LogP) is 4.67. The van der Waals surface area contributed by atoms with Crippen LogP contribution in [0.1, 0.15) is 5.56 Å². The fraction of sp³-hybridized carbons (Fsp3) is 0.105. The molecule has 0 radical (unpaired) electrons. The summed E-state index contributed by atoms with van der Waals surface area (Å²) in [5.74, 6) is 0.604. The van der Waals surface area contributed by atoms with E-state index in [0.717, 1.165) is 0 Å². The van der Waals surface area contributed by atoms with E-state index in [9.17, 15) is 10.1 Å². The molecule has 0 aliphatic rings. The quantitative estimate of drug-likeness (QED) is 0.469. The van der Waals surface area contributed by atoms with Crippen LogP contribution in [-0.4, -0.2) is 19.6 Å². The van der Waals surface area contributed by atoms with Crippen molar-refractivity contribution in [2.45, 2.75) is 0 Å². The number of ether oxygens (including phenoxy) is 2. The third-order valence-corrected chi connectivity index (χ3v) is 4.50. The van der Waals surface area contributed by atoms with Crippen molar-refractivity contribution in [3.05, 3.63) is 56.5 Å². The van der Waals surface area contributed by atoms with Gasteiger partial charge in [-0.15, -0.1) is 0 Å². The van der Waals surface area contributed by atoms with Crippen molar-refractivity contribution in [2.24, 2.45) is 0 Å². The highest BCUT2D eigenvalue weighted by molar-refractivity contribution is 9.11. The minimum atomic E-state index is -0.528. The first-order valence-electron chi connectivity index (χ1n) is 7.54. The summed E-state index contributed by atoms with van der Waals surface area (Å²) < 4.78 is 11.6. The molecule has 8 heteroatoms. The Labute approximate surface area is 173 Å². The molecule has 27 heavy (non-hydrogen) atoms. The molecule has 0 heterocycles. The molecule has 0 unspecified atom stereocenters. The minimum absolute atomic E-state index is 0.0599. The molecule has 0 saturated carbocycles. The fourth-order valence-corrected chi connectivity index (χ4v) is 3.54. The van der Waals surface area contributed by atoms with E-state index in [1.54, 1.807) is 43.5 Å². The average Bonchev–Trinajstić information content (AvgIpc) is 2.66. The van der Waals surface area contributed by atoms with Crippen molar-refractivity contribution < 1.29 is 14.3 Å². The maximum Gasteiger partial charge on any atom is 0.266 e. The smallest absolute Gasteiger partial charge is 0.266 e. The zero-order valence-electron chi connectivity index (χ0n) is 14.1. The number of nitriles is 2. The summed E-state index contributed by atoms with van der Waals surface area (Å²) in [5.41, 5.74) is 1.10. The number of nitrogens with zero attached hydrogens (tertiary/aromatic N) is 2. The lowest BCUT2D eigenvalue weighted by Crippen LogP contribution is -2.13.